The molecule has 0 spiro atoms. The van der Waals surface area contributed by atoms with Crippen LogP contribution in [0.3, 0.4) is 0 Å². The largest absolute Gasteiger partial charge is 0.412 e. The molecule has 2 rings (SSSR count). The van der Waals surface area contributed by atoms with Gasteiger partial charge in [-0.2, -0.15) is 0 Å². The topological polar surface area (TPSA) is 138 Å². The van der Waals surface area contributed by atoms with E-state index < -0.39 is 0 Å². The summed E-state index contributed by atoms with van der Waals surface area (Å²) in [5, 5.41) is 2.78. The van der Waals surface area contributed by atoms with E-state index in [0.29, 0.717) is 17.8 Å². The minimum absolute atomic E-state index is 0. The third kappa shape index (κ3) is 5.78. The zero-order valence-corrected chi connectivity index (χ0v) is 12.5. The van der Waals surface area contributed by atoms with Gasteiger partial charge in [0.1, 0.15) is 0 Å². The van der Waals surface area contributed by atoms with Crippen LogP contribution in [0.1, 0.15) is 15.9 Å². The Kier molecular flexibility index (Phi) is 8.21. The average Bonchev–Trinajstić information content (AvgIpc) is 2.46. The van der Waals surface area contributed by atoms with Crippen LogP contribution in [0.4, 0.5) is 5.69 Å². The van der Waals surface area contributed by atoms with Crippen LogP contribution in [-0.2, 0) is 6.54 Å². The number of carbonyl (C=O) groups excluding carboxylic acids is 1. The fraction of sp³-hybridized carbons (Fsp3) is 0.0714. The van der Waals surface area contributed by atoms with Crippen molar-refractivity contribution in [3.63, 3.8) is 0 Å². The van der Waals surface area contributed by atoms with Crippen LogP contribution in [0.25, 0.3) is 0 Å². The van der Waals surface area contributed by atoms with Crippen molar-refractivity contribution in [3.8, 4) is 0 Å². The third-order valence-electron chi connectivity index (χ3n) is 2.60. The zero-order chi connectivity index (χ0) is 14.4. The van der Waals surface area contributed by atoms with Crippen molar-refractivity contribution in [1.29, 1.82) is 0 Å². The number of guanidine groups is 1. The molecule has 7 N–H and O–H groups in total. The maximum Gasteiger partial charge on any atom is 0.255 e. The first-order chi connectivity index (χ1) is 9.65. The summed E-state index contributed by atoms with van der Waals surface area (Å²) >= 11 is 0. The summed E-state index contributed by atoms with van der Waals surface area (Å²) in [6.45, 7) is 0.397. The predicted octanol–water partition coefficient (Wildman–Crippen LogP) is 0.704. The lowest BCUT2D eigenvalue weighted by atomic mass is 10.1. The number of nitrogens with two attached hydrogens (primary N) is 2. The van der Waals surface area contributed by atoms with E-state index in [9.17, 15) is 4.79 Å². The van der Waals surface area contributed by atoms with Gasteiger partial charge in [-0.05, 0) is 29.8 Å². The van der Waals surface area contributed by atoms with Crippen LogP contribution in [0.5, 0.6) is 0 Å². The number of carbonyl (C=O) groups is 1. The number of halogens is 1. The average molecular weight is 324 g/mol. The second-order valence-electron chi connectivity index (χ2n) is 4.13. The van der Waals surface area contributed by atoms with Crippen LogP contribution in [-0.4, -0.2) is 22.3 Å². The van der Waals surface area contributed by atoms with E-state index >= 15 is 0 Å². The molecule has 1 aromatic heterocycles. The molecular weight excluding hydrogens is 306 g/mol. The number of hydrogen-bond donors (Lipinski definition) is 3. The monoisotopic (exact) mass is 323 g/mol. The Hall–Kier alpha value is -2.64. The second kappa shape index (κ2) is 9.32. The Balaban J connectivity index is 0.00000220. The first-order valence-corrected chi connectivity index (χ1v) is 6.01. The summed E-state index contributed by atoms with van der Waals surface area (Å²) in [5.74, 6) is -0.130. The number of rotatable bonds is 4. The predicted molar refractivity (Wildman–Crippen MR) is 89.0 cm³/mol. The Morgan fingerprint density at radius 2 is 1.68 bits per heavy atom. The maximum absolute atomic E-state index is 12.0. The molecule has 22 heavy (non-hydrogen) atoms. The normalized spacial score (nSPS) is 8.91. The van der Waals surface area contributed by atoms with Crippen LogP contribution in [0.2, 0.25) is 0 Å². The molecule has 8 heteroatoms. The molecule has 0 aliphatic carbocycles. The van der Waals surface area contributed by atoms with E-state index in [4.69, 9.17) is 11.5 Å². The van der Waals surface area contributed by atoms with Gasteiger partial charge in [-0.25, -0.2) is 4.99 Å². The summed E-state index contributed by atoms with van der Waals surface area (Å²) < 4.78 is 0. The van der Waals surface area contributed by atoms with Gasteiger partial charge in [0.15, 0.2) is 5.96 Å². The summed E-state index contributed by atoms with van der Waals surface area (Å²) in [7, 11) is 0. The number of nitrogens with one attached hydrogen (secondary N) is 1. The molecule has 0 saturated heterocycles. The van der Waals surface area contributed by atoms with E-state index in [1.807, 2.05) is 12.1 Å². The molecule has 0 aliphatic rings. The van der Waals surface area contributed by atoms with Gasteiger partial charge in [0.25, 0.3) is 5.91 Å². The molecule has 0 fully saturated rings. The summed E-state index contributed by atoms with van der Waals surface area (Å²) in [6, 6.07) is 10.5. The molecule has 1 aromatic carbocycles. The highest BCUT2D eigenvalue weighted by Gasteiger charge is 2.05. The van der Waals surface area contributed by atoms with E-state index in [-0.39, 0.29) is 29.7 Å². The minimum Gasteiger partial charge on any atom is -0.412 e. The third-order valence-corrected chi connectivity index (χ3v) is 2.60. The molecule has 0 atom stereocenters. The summed E-state index contributed by atoms with van der Waals surface area (Å²) in [6.07, 6.45) is 3.24. The molecule has 0 aliphatic heterocycles. The lowest BCUT2D eigenvalue weighted by Gasteiger charge is -2.05. The minimum atomic E-state index is -0.176. The maximum atomic E-state index is 12.0. The van der Waals surface area contributed by atoms with E-state index in [2.05, 4.69) is 15.3 Å². The Morgan fingerprint density at radius 1 is 1.09 bits per heavy atom. The van der Waals surface area contributed by atoms with Crippen LogP contribution < -0.4 is 16.8 Å². The Bertz CT molecular complexity index is 613. The van der Waals surface area contributed by atoms with Gasteiger partial charge >= 0.3 is 0 Å². The summed E-state index contributed by atoms with van der Waals surface area (Å²) in [4.78, 5) is 19.8. The molecule has 1 amide bonds. The second-order valence-corrected chi connectivity index (χ2v) is 4.13. The molecule has 1 heterocycles. The lowest BCUT2D eigenvalue weighted by Crippen LogP contribution is -2.22. The number of anilines is 1. The number of aliphatic imine (C=N–C) groups is 1. The molecule has 7 nitrogen and oxygen atoms in total. The van der Waals surface area contributed by atoms with Gasteiger partial charge in [-0.15, -0.1) is 12.4 Å². The standard InChI is InChI=1S/C14H15N5O.ClH.H2O/c15-14(16)18-9-10-1-3-11(4-2-10)13(20)19-12-5-7-17-8-6-12;;/h1-8H,9H2,(H4,15,16,18)(H,17,19,20);1H;1H2. The van der Waals surface area contributed by atoms with Crippen molar-refractivity contribution >= 4 is 30.0 Å². The van der Waals surface area contributed by atoms with E-state index in [1.165, 1.54) is 0 Å². The van der Waals surface area contributed by atoms with Crippen molar-refractivity contribution in [2.45, 2.75) is 6.54 Å². The smallest absolute Gasteiger partial charge is 0.255 e. The van der Waals surface area contributed by atoms with Crippen molar-refractivity contribution in [3.05, 3.63) is 59.9 Å². The lowest BCUT2D eigenvalue weighted by molar-refractivity contribution is 0.102. The van der Waals surface area contributed by atoms with Crippen molar-refractivity contribution in [2.24, 2.45) is 16.5 Å². The van der Waals surface area contributed by atoms with Crippen molar-refractivity contribution in [1.82, 2.24) is 4.98 Å². The number of aromatic nitrogens is 1. The summed E-state index contributed by atoms with van der Waals surface area (Å²) in [5.41, 5.74) is 12.7. The van der Waals surface area contributed by atoms with Crippen molar-refractivity contribution in [2.75, 3.05) is 5.32 Å². The highest BCUT2D eigenvalue weighted by Crippen LogP contribution is 2.09. The van der Waals surface area contributed by atoms with Gasteiger partial charge < -0.3 is 22.3 Å². The molecule has 118 valence electrons. The van der Waals surface area contributed by atoms with E-state index in [1.54, 1.807) is 36.7 Å². The molecule has 0 unspecified atom stereocenters. The molecule has 0 radical (unpaired) electrons. The van der Waals surface area contributed by atoms with Crippen molar-refractivity contribution < 1.29 is 10.3 Å². The van der Waals surface area contributed by atoms with Crippen LogP contribution in [0, 0.1) is 0 Å². The fourth-order valence-electron chi connectivity index (χ4n) is 1.58. The number of benzene rings is 1. The van der Waals surface area contributed by atoms with Crippen LogP contribution >= 0.6 is 12.4 Å². The van der Waals surface area contributed by atoms with E-state index in [0.717, 1.165) is 5.56 Å². The molecule has 0 bridgehead atoms. The molecule has 0 saturated carbocycles. The number of nitrogens with zero attached hydrogens (tertiary/aromatic N) is 2. The Morgan fingerprint density at radius 3 is 2.23 bits per heavy atom. The number of amides is 1. The first kappa shape index (κ1) is 19.4. The highest BCUT2D eigenvalue weighted by atomic mass is 35.5. The SMILES string of the molecule is Cl.NC(N)=NCc1ccc(C(=O)Nc2ccncc2)cc1.O. The zero-order valence-electron chi connectivity index (χ0n) is 11.7. The van der Waals surface area contributed by atoms with Gasteiger partial charge in [0, 0.05) is 23.6 Å². The number of pyridine rings is 1. The first-order valence-electron chi connectivity index (χ1n) is 6.01. The Labute approximate surface area is 134 Å². The quantitative estimate of drug-likeness (QED) is 0.563. The number of hydrogen-bond acceptors (Lipinski definition) is 3. The van der Waals surface area contributed by atoms with Gasteiger partial charge in [-0.3, -0.25) is 9.78 Å². The molecule has 2 aromatic rings. The van der Waals surface area contributed by atoms with Gasteiger partial charge in [0.05, 0.1) is 6.54 Å². The van der Waals surface area contributed by atoms with Gasteiger partial charge in [0.2, 0.25) is 0 Å². The highest BCUT2D eigenvalue weighted by molar-refractivity contribution is 6.04. The van der Waals surface area contributed by atoms with Gasteiger partial charge in [-0.1, -0.05) is 12.1 Å². The fourth-order valence-corrected chi connectivity index (χ4v) is 1.58. The molecular formula is C14H18ClN5O2. The van der Waals surface area contributed by atoms with Crippen LogP contribution in [0.15, 0.2) is 53.8 Å².